The number of carbonyl (C=O) groups is 1. The van der Waals surface area contributed by atoms with Crippen LogP contribution in [0.25, 0.3) is 5.78 Å². The fourth-order valence-electron chi connectivity index (χ4n) is 2.31. The number of nitrogens with zero attached hydrogens (tertiary/aromatic N) is 4. The highest BCUT2D eigenvalue weighted by Crippen LogP contribution is 2.16. The maximum atomic E-state index is 12.3. The molecule has 1 amide bonds. The van der Waals surface area contributed by atoms with E-state index in [1.165, 1.54) is 0 Å². The molecule has 7 heteroatoms. The Labute approximate surface area is 144 Å². The molecule has 25 heavy (non-hydrogen) atoms. The van der Waals surface area contributed by atoms with Crippen molar-refractivity contribution in [1.29, 1.82) is 5.26 Å². The van der Waals surface area contributed by atoms with Gasteiger partial charge in [0.25, 0.3) is 5.91 Å². The zero-order valence-electron chi connectivity index (χ0n) is 13.7. The minimum absolute atomic E-state index is 0.278. The van der Waals surface area contributed by atoms with Crippen molar-refractivity contribution in [2.24, 2.45) is 0 Å². The molecular formula is C18H17N5O2. The zero-order valence-corrected chi connectivity index (χ0v) is 13.7. The first-order valence-corrected chi connectivity index (χ1v) is 7.92. The van der Waals surface area contributed by atoms with Crippen LogP contribution < -0.4 is 10.1 Å². The quantitative estimate of drug-likeness (QED) is 0.746. The molecule has 3 aromatic rings. The Hall–Kier alpha value is -3.40. The molecule has 0 aliphatic heterocycles. The van der Waals surface area contributed by atoms with E-state index in [2.05, 4.69) is 21.4 Å². The second-order valence-corrected chi connectivity index (χ2v) is 5.43. The van der Waals surface area contributed by atoms with E-state index in [1.807, 2.05) is 25.1 Å². The Kier molecular flexibility index (Phi) is 4.90. The first-order valence-electron chi connectivity index (χ1n) is 7.92. The molecule has 7 nitrogen and oxygen atoms in total. The van der Waals surface area contributed by atoms with Gasteiger partial charge in [0.15, 0.2) is 6.10 Å². The van der Waals surface area contributed by atoms with Crippen molar-refractivity contribution in [2.75, 3.05) is 0 Å². The van der Waals surface area contributed by atoms with Gasteiger partial charge in [-0.05, 0) is 30.2 Å². The molecule has 0 saturated carbocycles. The van der Waals surface area contributed by atoms with Crippen LogP contribution in [-0.4, -0.2) is 26.4 Å². The minimum Gasteiger partial charge on any atom is -0.476 e. The summed E-state index contributed by atoms with van der Waals surface area (Å²) in [6.45, 7) is 2.22. The van der Waals surface area contributed by atoms with E-state index in [1.54, 1.807) is 35.1 Å². The van der Waals surface area contributed by atoms with Crippen molar-refractivity contribution in [2.45, 2.75) is 26.0 Å². The second kappa shape index (κ2) is 7.45. The molecule has 1 aromatic carbocycles. The average Bonchev–Trinajstić information content (AvgIpc) is 3.09. The number of amides is 1. The molecule has 0 unspecified atom stereocenters. The maximum absolute atomic E-state index is 12.3. The van der Waals surface area contributed by atoms with E-state index < -0.39 is 6.10 Å². The summed E-state index contributed by atoms with van der Waals surface area (Å²) in [6, 6.07) is 11.2. The molecule has 2 heterocycles. The lowest BCUT2D eigenvalue weighted by Gasteiger charge is -2.11. The van der Waals surface area contributed by atoms with E-state index in [0.717, 1.165) is 5.56 Å². The van der Waals surface area contributed by atoms with E-state index in [0.29, 0.717) is 30.2 Å². The second-order valence-electron chi connectivity index (χ2n) is 5.43. The Morgan fingerprint density at radius 2 is 2.32 bits per heavy atom. The first-order chi connectivity index (χ1) is 12.2. The van der Waals surface area contributed by atoms with Crippen LogP contribution >= 0.6 is 0 Å². The summed E-state index contributed by atoms with van der Waals surface area (Å²) in [4.78, 5) is 20.5. The maximum Gasteiger partial charge on any atom is 0.271 e. The molecule has 0 aliphatic carbocycles. The third-order valence-electron chi connectivity index (χ3n) is 3.61. The summed E-state index contributed by atoms with van der Waals surface area (Å²) in [5.74, 6) is 0.808. The molecule has 0 saturated heterocycles. The predicted molar refractivity (Wildman–Crippen MR) is 90.9 cm³/mol. The van der Waals surface area contributed by atoms with Gasteiger partial charge in [-0.3, -0.25) is 9.20 Å². The predicted octanol–water partition coefficient (Wildman–Crippen LogP) is 2.34. The zero-order chi connectivity index (χ0) is 17.6. The topological polar surface area (TPSA) is 92.3 Å². The van der Waals surface area contributed by atoms with Crippen molar-refractivity contribution in [3.05, 3.63) is 60.2 Å². The third kappa shape index (κ3) is 3.93. The lowest BCUT2D eigenvalue weighted by molar-refractivity contribution is 0.0946. The number of imidazole rings is 1. The summed E-state index contributed by atoms with van der Waals surface area (Å²) < 4.78 is 7.28. The highest BCUT2D eigenvalue weighted by Gasteiger charge is 2.11. The van der Waals surface area contributed by atoms with Crippen molar-refractivity contribution >= 4 is 11.7 Å². The summed E-state index contributed by atoms with van der Waals surface area (Å²) in [5, 5.41) is 11.8. The molecule has 0 spiro atoms. The fourth-order valence-corrected chi connectivity index (χ4v) is 2.31. The molecule has 126 valence electrons. The molecule has 2 aromatic heterocycles. The highest BCUT2D eigenvalue weighted by molar-refractivity contribution is 5.92. The van der Waals surface area contributed by atoms with Gasteiger partial charge in [0.1, 0.15) is 17.5 Å². The van der Waals surface area contributed by atoms with Crippen LogP contribution in [0.1, 0.15) is 29.4 Å². The molecule has 0 fully saturated rings. The van der Waals surface area contributed by atoms with Gasteiger partial charge in [0.2, 0.25) is 5.78 Å². The van der Waals surface area contributed by atoms with Gasteiger partial charge in [0, 0.05) is 25.1 Å². The fraction of sp³-hybridized carbons (Fsp3) is 0.222. The molecule has 0 radical (unpaired) electrons. The van der Waals surface area contributed by atoms with Gasteiger partial charge < -0.3 is 10.1 Å². The van der Waals surface area contributed by atoms with Gasteiger partial charge in [-0.2, -0.15) is 5.26 Å². The van der Waals surface area contributed by atoms with E-state index in [9.17, 15) is 4.79 Å². The summed E-state index contributed by atoms with van der Waals surface area (Å²) >= 11 is 0. The molecule has 0 bridgehead atoms. The number of aromatic nitrogens is 3. The average molecular weight is 335 g/mol. The van der Waals surface area contributed by atoms with Gasteiger partial charge in [-0.1, -0.05) is 19.1 Å². The molecule has 1 atom stereocenters. The molecule has 3 rings (SSSR count). The summed E-state index contributed by atoms with van der Waals surface area (Å²) in [5.41, 5.74) is 1.18. The Balaban J connectivity index is 1.65. The monoisotopic (exact) mass is 335 g/mol. The number of hydrogen-bond acceptors (Lipinski definition) is 5. The van der Waals surface area contributed by atoms with E-state index >= 15 is 0 Å². The van der Waals surface area contributed by atoms with Crippen LogP contribution in [0.4, 0.5) is 0 Å². The van der Waals surface area contributed by atoms with Crippen LogP contribution in [0.5, 0.6) is 5.75 Å². The lowest BCUT2D eigenvalue weighted by atomic mass is 10.2. The number of nitrogens with one attached hydrogen (secondary N) is 1. The van der Waals surface area contributed by atoms with Gasteiger partial charge in [-0.15, -0.1) is 0 Å². The minimum atomic E-state index is -0.477. The number of carbonyl (C=O) groups excluding carboxylic acids is 1. The molecule has 0 aliphatic rings. The number of nitriles is 1. The SMILES string of the molecule is CC[C@@H](C#N)Oc1cccc(CNC(=O)c2cn3cccnc3n2)c1. The summed E-state index contributed by atoms with van der Waals surface area (Å²) in [7, 11) is 0. The van der Waals surface area contributed by atoms with Gasteiger partial charge >= 0.3 is 0 Å². The number of hydrogen-bond donors (Lipinski definition) is 1. The Bertz CT molecular complexity index is 895. The summed E-state index contributed by atoms with van der Waals surface area (Å²) in [6.07, 6.45) is 5.18. The van der Waals surface area contributed by atoms with Gasteiger partial charge in [-0.25, -0.2) is 9.97 Å². The van der Waals surface area contributed by atoms with Crippen LogP contribution in [0.15, 0.2) is 48.9 Å². The van der Waals surface area contributed by atoms with E-state index in [4.69, 9.17) is 10.00 Å². The van der Waals surface area contributed by atoms with Gasteiger partial charge in [0.05, 0.1) is 0 Å². The molecule has 1 N–H and O–H groups in total. The number of fused-ring (bicyclic) bond motifs is 1. The first kappa shape index (κ1) is 16.5. The van der Waals surface area contributed by atoms with Crippen molar-refractivity contribution in [3.8, 4) is 11.8 Å². The van der Waals surface area contributed by atoms with Crippen LogP contribution in [0, 0.1) is 11.3 Å². The number of rotatable bonds is 6. The normalized spacial score (nSPS) is 11.7. The highest BCUT2D eigenvalue weighted by atomic mass is 16.5. The van der Waals surface area contributed by atoms with Crippen LogP contribution in [-0.2, 0) is 6.54 Å². The van der Waals surface area contributed by atoms with Crippen LogP contribution in [0.3, 0.4) is 0 Å². The third-order valence-corrected chi connectivity index (χ3v) is 3.61. The number of ether oxygens (including phenoxy) is 1. The smallest absolute Gasteiger partial charge is 0.271 e. The van der Waals surface area contributed by atoms with Crippen molar-refractivity contribution < 1.29 is 9.53 Å². The lowest BCUT2D eigenvalue weighted by Crippen LogP contribution is -2.23. The molecular weight excluding hydrogens is 318 g/mol. The van der Waals surface area contributed by atoms with Crippen molar-refractivity contribution in [3.63, 3.8) is 0 Å². The Morgan fingerprint density at radius 1 is 1.44 bits per heavy atom. The largest absolute Gasteiger partial charge is 0.476 e. The Morgan fingerprint density at radius 3 is 3.08 bits per heavy atom. The van der Waals surface area contributed by atoms with Crippen molar-refractivity contribution in [1.82, 2.24) is 19.7 Å². The standard InChI is InChI=1S/C18H17N5O2/c1-2-14(10-19)25-15-6-3-5-13(9-15)11-21-17(24)16-12-23-8-4-7-20-18(23)22-16/h3-9,12,14H,2,11H2,1H3,(H,21,24)/t14-/m0/s1. The van der Waals surface area contributed by atoms with Crippen LogP contribution in [0.2, 0.25) is 0 Å². The van der Waals surface area contributed by atoms with E-state index in [-0.39, 0.29) is 5.91 Å². The number of benzene rings is 1.